The zero-order valence-corrected chi connectivity index (χ0v) is 14.6. The number of sulfonamides is 1. The Balaban J connectivity index is 1.91. The summed E-state index contributed by atoms with van der Waals surface area (Å²) < 4.78 is 29.5. The third-order valence-corrected chi connectivity index (χ3v) is 5.13. The third-order valence-electron chi connectivity index (χ3n) is 3.48. The van der Waals surface area contributed by atoms with Crippen molar-refractivity contribution in [3.05, 3.63) is 75.1 Å². The van der Waals surface area contributed by atoms with E-state index >= 15 is 0 Å². The Hall–Kier alpha value is -2.64. The number of rotatable bonds is 4. The Bertz CT molecular complexity index is 1120. The number of aryl methyl sites for hydroxylation is 1. The van der Waals surface area contributed by atoms with Crippen LogP contribution in [0.4, 0.5) is 0 Å². The fourth-order valence-electron chi connectivity index (χ4n) is 2.17. The van der Waals surface area contributed by atoms with E-state index in [0.29, 0.717) is 11.0 Å². The summed E-state index contributed by atoms with van der Waals surface area (Å²) in [5.41, 5.74) is 0.534. The Kier molecular flexibility index (Phi) is 4.61. The van der Waals surface area contributed by atoms with Gasteiger partial charge in [0.2, 0.25) is 0 Å². The molecule has 0 aliphatic rings. The maximum Gasteiger partial charge on any atom is 0.346 e. The van der Waals surface area contributed by atoms with Crippen LogP contribution in [0.1, 0.15) is 11.1 Å². The quantitative estimate of drug-likeness (QED) is 0.430. The maximum absolute atomic E-state index is 12.2. The molecule has 8 heteroatoms. The van der Waals surface area contributed by atoms with Gasteiger partial charge in [0.05, 0.1) is 21.7 Å². The molecule has 3 aromatic rings. The molecule has 1 aromatic heterocycles. The van der Waals surface area contributed by atoms with Gasteiger partial charge in [-0.2, -0.15) is 13.5 Å². The van der Waals surface area contributed by atoms with E-state index < -0.39 is 15.6 Å². The Labute approximate surface area is 148 Å². The summed E-state index contributed by atoms with van der Waals surface area (Å²) >= 11 is 6.20. The van der Waals surface area contributed by atoms with Gasteiger partial charge in [-0.25, -0.2) is 9.63 Å². The summed E-state index contributed by atoms with van der Waals surface area (Å²) in [4.78, 5) is 14.1. The van der Waals surface area contributed by atoms with Crippen LogP contribution in [0.3, 0.4) is 0 Å². The van der Waals surface area contributed by atoms with Crippen LogP contribution in [0.15, 0.2) is 67.7 Å². The second kappa shape index (κ2) is 6.70. The Morgan fingerprint density at radius 3 is 2.52 bits per heavy atom. The number of hydrazone groups is 1. The van der Waals surface area contributed by atoms with E-state index in [2.05, 4.69) is 5.10 Å². The average Bonchev–Trinajstić information content (AvgIpc) is 2.58. The second-order valence-corrected chi connectivity index (χ2v) is 7.32. The van der Waals surface area contributed by atoms with Crippen molar-refractivity contribution in [1.82, 2.24) is 4.83 Å². The van der Waals surface area contributed by atoms with Gasteiger partial charge in [0.25, 0.3) is 10.0 Å². The summed E-state index contributed by atoms with van der Waals surface area (Å²) in [5, 5.41) is 4.31. The molecule has 1 N–H and O–H groups in total. The molecule has 3 rings (SSSR count). The van der Waals surface area contributed by atoms with Crippen LogP contribution < -0.4 is 10.5 Å². The smallest absolute Gasteiger partial charge is 0.346 e. The largest absolute Gasteiger partial charge is 0.422 e. The summed E-state index contributed by atoms with van der Waals surface area (Å²) in [6.07, 6.45) is 1.03. The molecule has 0 saturated carbocycles. The van der Waals surface area contributed by atoms with E-state index in [1.54, 1.807) is 36.4 Å². The van der Waals surface area contributed by atoms with Crippen molar-refractivity contribution in [3.63, 3.8) is 0 Å². The fourth-order valence-corrected chi connectivity index (χ4v) is 3.24. The number of halogens is 1. The molecule has 0 bridgehead atoms. The van der Waals surface area contributed by atoms with Gasteiger partial charge in [-0.15, -0.1) is 0 Å². The van der Waals surface area contributed by atoms with Gasteiger partial charge in [0.15, 0.2) is 0 Å². The highest BCUT2D eigenvalue weighted by atomic mass is 35.5. The minimum atomic E-state index is -3.84. The molecule has 1 heterocycles. The van der Waals surface area contributed by atoms with Crippen molar-refractivity contribution in [2.75, 3.05) is 0 Å². The van der Waals surface area contributed by atoms with E-state index in [1.165, 1.54) is 12.1 Å². The van der Waals surface area contributed by atoms with E-state index in [9.17, 15) is 13.2 Å². The van der Waals surface area contributed by atoms with Crippen molar-refractivity contribution in [2.24, 2.45) is 5.10 Å². The lowest BCUT2D eigenvalue weighted by Gasteiger charge is -2.04. The minimum Gasteiger partial charge on any atom is -0.422 e. The highest BCUT2D eigenvalue weighted by molar-refractivity contribution is 7.89. The van der Waals surface area contributed by atoms with Gasteiger partial charge in [0, 0.05) is 5.39 Å². The summed E-state index contributed by atoms with van der Waals surface area (Å²) in [6, 6.07) is 13.0. The molecule has 128 valence electrons. The van der Waals surface area contributed by atoms with Gasteiger partial charge >= 0.3 is 5.63 Å². The highest BCUT2D eigenvalue weighted by Gasteiger charge is 2.14. The Morgan fingerprint density at radius 1 is 1.12 bits per heavy atom. The second-order valence-electron chi connectivity index (χ2n) is 5.28. The van der Waals surface area contributed by atoms with Crippen LogP contribution >= 0.6 is 11.6 Å². The molecule has 0 radical (unpaired) electrons. The first-order valence-electron chi connectivity index (χ1n) is 7.21. The Morgan fingerprint density at radius 2 is 1.80 bits per heavy atom. The van der Waals surface area contributed by atoms with Gasteiger partial charge in [-0.1, -0.05) is 41.4 Å². The third kappa shape index (κ3) is 3.57. The summed E-state index contributed by atoms with van der Waals surface area (Å²) in [7, 11) is -3.84. The average molecular weight is 377 g/mol. The monoisotopic (exact) mass is 376 g/mol. The zero-order valence-electron chi connectivity index (χ0n) is 13.1. The van der Waals surface area contributed by atoms with Gasteiger partial charge < -0.3 is 4.42 Å². The molecule has 0 atom stereocenters. The first-order chi connectivity index (χ1) is 11.9. The zero-order chi connectivity index (χ0) is 18.0. The molecule has 25 heavy (non-hydrogen) atoms. The number of benzene rings is 2. The van der Waals surface area contributed by atoms with Gasteiger partial charge in [-0.05, 0) is 31.2 Å². The van der Waals surface area contributed by atoms with Crippen LogP contribution in [-0.2, 0) is 10.0 Å². The number of nitrogens with one attached hydrogen (secondary N) is 1. The molecule has 0 saturated heterocycles. The molecular formula is C17H13ClN2O4S. The molecule has 0 aliphatic heterocycles. The molecule has 6 nitrogen and oxygen atoms in total. The number of hydrogen-bond donors (Lipinski definition) is 1. The van der Waals surface area contributed by atoms with Crippen molar-refractivity contribution in [3.8, 4) is 0 Å². The predicted octanol–water partition coefficient (Wildman–Crippen LogP) is 3.07. The molecule has 0 spiro atoms. The molecule has 2 aromatic carbocycles. The van der Waals surface area contributed by atoms with E-state index in [0.717, 1.165) is 11.8 Å². The summed E-state index contributed by atoms with van der Waals surface area (Å²) in [5.74, 6) is 0. The van der Waals surface area contributed by atoms with Crippen molar-refractivity contribution in [2.45, 2.75) is 11.8 Å². The van der Waals surface area contributed by atoms with Crippen molar-refractivity contribution < 1.29 is 12.8 Å². The van der Waals surface area contributed by atoms with Crippen LogP contribution in [0.5, 0.6) is 0 Å². The lowest BCUT2D eigenvalue weighted by Crippen LogP contribution is -2.19. The van der Waals surface area contributed by atoms with Crippen molar-refractivity contribution >= 4 is 38.8 Å². The standard InChI is InChI=1S/C17H13ClN2O4S/c1-11-6-8-12(9-7-11)25(22,23)20-19-10-14-16(18)13-4-2-3-5-15(13)24-17(14)21/h2-10,20H,1H3/b19-10+. The van der Waals surface area contributed by atoms with Gasteiger partial charge in [-0.3, -0.25) is 0 Å². The fraction of sp³-hybridized carbons (Fsp3) is 0.0588. The predicted molar refractivity (Wildman–Crippen MR) is 96.6 cm³/mol. The normalized spacial score (nSPS) is 11.9. The maximum atomic E-state index is 12.2. The number of fused-ring (bicyclic) bond motifs is 1. The lowest BCUT2D eigenvalue weighted by molar-refractivity contribution is 0.559. The van der Waals surface area contributed by atoms with Crippen molar-refractivity contribution in [1.29, 1.82) is 0 Å². The van der Waals surface area contributed by atoms with Crippen LogP contribution in [0, 0.1) is 6.92 Å². The van der Waals surface area contributed by atoms with Gasteiger partial charge in [0.1, 0.15) is 5.58 Å². The first kappa shape index (κ1) is 17.2. The SMILES string of the molecule is Cc1ccc(S(=O)(=O)N/N=C/c2c(Cl)c3ccccc3oc2=O)cc1. The highest BCUT2D eigenvalue weighted by Crippen LogP contribution is 2.23. The summed E-state index contributed by atoms with van der Waals surface area (Å²) in [6.45, 7) is 1.85. The van der Waals surface area contributed by atoms with Crippen LogP contribution in [0.25, 0.3) is 11.0 Å². The van der Waals surface area contributed by atoms with Crippen LogP contribution in [0.2, 0.25) is 5.02 Å². The van der Waals surface area contributed by atoms with E-state index in [-0.39, 0.29) is 15.5 Å². The first-order valence-corrected chi connectivity index (χ1v) is 9.07. The van der Waals surface area contributed by atoms with E-state index in [1.807, 2.05) is 11.8 Å². The number of para-hydroxylation sites is 1. The topological polar surface area (TPSA) is 88.7 Å². The molecular weight excluding hydrogens is 364 g/mol. The lowest BCUT2D eigenvalue weighted by atomic mass is 10.2. The van der Waals surface area contributed by atoms with Crippen LogP contribution in [-0.4, -0.2) is 14.6 Å². The van der Waals surface area contributed by atoms with E-state index in [4.69, 9.17) is 16.0 Å². The molecule has 0 unspecified atom stereocenters. The molecule has 0 fully saturated rings. The number of hydrogen-bond acceptors (Lipinski definition) is 5. The molecule has 0 aliphatic carbocycles. The number of nitrogens with zero attached hydrogens (tertiary/aromatic N) is 1. The molecule has 0 amide bonds. The minimum absolute atomic E-state index is 0.0352.